The number of carbonyl (C=O) groups is 1. The summed E-state index contributed by atoms with van der Waals surface area (Å²) in [5.74, 6) is 0.0792. The zero-order chi connectivity index (χ0) is 14.6. The number of furan rings is 1. The van der Waals surface area contributed by atoms with E-state index in [9.17, 15) is 9.18 Å². The molecule has 0 saturated heterocycles. The largest absolute Gasteiger partial charge is 0.452 e. The Balaban J connectivity index is 1.92. The highest BCUT2D eigenvalue weighted by molar-refractivity contribution is 6.67. The summed E-state index contributed by atoms with van der Waals surface area (Å²) in [5, 5.41) is -0.208. The molecule has 0 radical (unpaired) electrons. The highest BCUT2D eigenvalue weighted by atomic mass is 35.5. The van der Waals surface area contributed by atoms with E-state index in [0.717, 1.165) is 18.5 Å². The Kier molecular flexibility index (Phi) is 2.65. The Labute approximate surface area is 124 Å². The molecule has 3 aromatic rings. The third kappa shape index (κ3) is 2.05. The van der Waals surface area contributed by atoms with E-state index in [1.807, 2.05) is 6.20 Å². The van der Waals surface area contributed by atoms with Gasteiger partial charge in [-0.15, -0.1) is 0 Å². The van der Waals surface area contributed by atoms with Crippen molar-refractivity contribution in [2.75, 3.05) is 0 Å². The molecular formula is C15H10ClFN2O2. The fourth-order valence-corrected chi connectivity index (χ4v) is 2.57. The van der Waals surface area contributed by atoms with Crippen molar-refractivity contribution in [3.05, 3.63) is 48.0 Å². The SMILES string of the molecule is O=C(Cl)c1cc2c(-n3cnc(C4CC4)c3)c(F)ccc2o1. The van der Waals surface area contributed by atoms with Crippen molar-refractivity contribution in [3.63, 3.8) is 0 Å². The second-order valence-corrected chi connectivity index (χ2v) is 5.52. The first-order valence-corrected chi connectivity index (χ1v) is 6.97. The lowest BCUT2D eigenvalue weighted by Crippen LogP contribution is -1.95. The van der Waals surface area contributed by atoms with E-state index < -0.39 is 11.1 Å². The Bertz CT molecular complexity index is 864. The molecule has 4 nitrogen and oxygen atoms in total. The molecule has 0 aliphatic heterocycles. The van der Waals surface area contributed by atoms with Crippen molar-refractivity contribution in [3.8, 4) is 5.69 Å². The number of nitrogens with zero attached hydrogens (tertiary/aromatic N) is 2. The quantitative estimate of drug-likeness (QED) is 0.687. The first-order valence-electron chi connectivity index (χ1n) is 6.59. The highest BCUT2D eigenvalue weighted by Crippen LogP contribution is 2.39. The van der Waals surface area contributed by atoms with Crippen molar-refractivity contribution >= 4 is 27.8 Å². The summed E-state index contributed by atoms with van der Waals surface area (Å²) in [4.78, 5) is 15.5. The van der Waals surface area contributed by atoms with E-state index in [-0.39, 0.29) is 5.76 Å². The molecule has 4 rings (SSSR count). The number of rotatable bonds is 3. The molecule has 1 saturated carbocycles. The van der Waals surface area contributed by atoms with Crippen LogP contribution in [0.4, 0.5) is 4.39 Å². The van der Waals surface area contributed by atoms with Crippen LogP contribution in [0.5, 0.6) is 0 Å². The molecule has 0 atom stereocenters. The Hall–Kier alpha value is -2.14. The molecule has 106 valence electrons. The lowest BCUT2D eigenvalue weighted by atomic mass is 10.2. The minimum Gasteiger partial charge on any atom is -0.452 e. The number of halogens is 2. The van der Waals surface area contributed by atoms with Crippen LogP contribution < -0.4 is 0 Å². The summed E-state index contributed by atoms with van der Waals surface area (Å²) in [7, 11) is 0. The topological polar surface area (TPSA) is 48.0 Å². The van der Waals surface area contributed by atoms with Crippen molar-refractivity contribution in [2.24, 2.45) is 0 Å². The molecule has 0 spiro atoms. The molecule has 1 aliphatic carbocycles. The fourth-order valence-electron chi connectivity index (χ4n) is 2.48. The van der Waals surface area contributed by atoms with Crippen LogP contribution in [-0.2, 0) is 0 Å². The van der Waals surface area contributed by atoms with Crippen LogP contribution in [0.1, 0.15) is 35.0 Å². The molecule has 0 bridgehead atoms. The minimum atomic E-state index is -0.707. The first kappa shape index (κ1) is 12.6. The summed E-state index contributed by atoms with van der Waals surface area (Å²) >= 11 is 5.42. The third-order valence-electron chi connectivity index (χ3n) is 3.67. The predicted octanol–water partition coefficient (Wildman–Crippen LogP) is 4.01. The van der Waals surface area contributed by atoms with Crippen molar-refractivity contribution in [1.82, 2.24) is 9.55 Å². The maximum Gasteiger partial charge on any atom is 0.287 e. The van der Waals surface area contributed by atoms with Gasteiger partial charge in [0.15, 0.2) is 5.76 Å². The molecule has 6 heteroatoms. The number of imidazole rings is 1. The van der Waals surface area contributed by atoms with Gasteiger partial charge in [-0.25, -0.2) is 9.37 Å². The molecule has 1 aromatic carbocycles. The van der Waals surface area contributed by atoms with Gasteiger partial charge >= 0.3 is 0 Å². The monoisotopic (exact) mass is 304 g/mol. The van der Waals surface area contributed by atoms with Crippen LogP contribution in [0.15, 0.2) is 35.1 Å². The second kappa shape index (κ2) is 4.43. The number of aromatic nitrogens is 2. The molecule has 1 aliphatic rings. The number of fused-ring (bicyclic) bond motifs is 1. The van der Waals surface area contributed by atoms with Crippen LogP contribution in [0.3, 0.4) is 0 Å². The zero-order valence-corrected chi connectivity index (χ0v) is 11.6. The van der Waals surface area contributed by atoms with Gasteiger partial charge in [-0.05, 0) is 42.6 Å². The van der Waals surface area contributed by atoms with Crippen molar-refractivity contribution < 1.29 is 13.6 Å². The Morgan fingerprint density at radius 2 is 2.24 bits per heavy atom. The highest BCUT2D eigenvalue weighted by Gasteiger charge is 2.26. The average molecular weight is 305 g/mol. The van der Waals surface area contributed by atoms with Crippen LogP contribution in [0.2, 0.25) is 0 Å². The summed E-state index contributed by atoms with van der Waals surface area (Å²) < 4.78 is 21.2. The second-order valence-electron chi connectivity index (χ2n) is 5.17. The van der Waals surface area contributed by atoms with Gasteiger partial charge in [0, 0.05) is 17.5 Å². The Morgan fingerprint density at radius 1 is 1.43 bits per heavy atom. The van der Waals surface area contributed by atoms with Gasteiger partial charge in [0.1, 0.15) is 11.4 Å². The predicted molar refractivity (Wildman–Crippen MR) is 75.5 cm³/mol. The third-order valence-corrected chi connectivity index (χ3v) is 3.86. The number of carbonyl (C=O) groups excluding carboxylic acids is 1. The van der Waals surface area contributed by atoms with Crippen molar-refractivity contribution in [1.29, 1.82) is 0 Å². The molecule has 2 heterocycles. The smallest absolute Gasteiger partial charge is 0.287 e. The summed E-state index contributed by atoms with van der Waals surface area (Å²) in [6, 6.07) is 4.25. The number of hydrogen-bond acceptors (Lipinski definition) is 3. The van der Waals surface area contributed by atoms with Gasteiger partial charge in [0.05, 0.1) is 17.7 Å². The van der Waals surface area contributed by atoms with Crippen LogP contribution in [-0.4, -0.2) is 14.8 Å². The summed E-state index contributed by atoms with van der Waals surface area (Å²) in [5.41, 5.74) is 1.69. The van der Waals surface area contributed by atoms with Gasteiger partial charge in [0.25, 0.3) is 5.24 Å². The van der Waals surface area contributed by atoms with E-state index in [2.05, 4.69) is 4.98 Å². The normalized spacial score (nSPS) is 14.8. The maximum absolute atomic E-state index is 14.2. The van der Waals surface area contributed by atoms with Crippen LogP contribution in [0.25, 0.3) is 16.7 Å². The Morgan fingerprint density at radius 3 is 2.95 bits per heavy atom. The van der Waals surface area contributed by atoms with E-state index in [1.54, 1.807) is 10.9 Å². The van der Waals surface area contributed by atoms with Gasteiger partial charge in [-0.3, -0.25) is 4.79 Å². The standard InChI is InChI=1S/C15H10ClFN2O2/c16-15(20)13-5-9-12(21-13)4-3-10(17)14(9)19-6-11(18-7-19)8-1-2-8/h3-8H,1-2H2. The maximum atomic E-state index is 14.2. The van der Waals surface area contributed by atoms with Gasteiger partial charge in [-0.1, -0.05) is 0 Å². The zero-order valence-electron chi connectivity index (χ0n) is 10.8. The molecule has 1 fully saturated rings. The number of hydrogen-bond donors (Lipinski definition) is 0. The molecule has 0 N–H and O–H groups in total. The molecule has 0 amide bonds. The van der Waals surface area contributed by atoms with E-state index in [4.69, 9.17) is 16.0 Å². The van der Waals surface area contributed by atoms with Gasteiger partial charge in [0.2, 0.25) is 0 Å². The van der Waals surface area contributed by atoms with Crippen LogP contribution >= 0.6 is 11.6 Å². The number of benzene rings is 1. The van der Waals surface area contributed by atoms with E-state index >= 15 is 0 Å². The lowest BCUT2D eigenvalue weighted by Gasteiger charge is -2.04. The minimum absolute atomic E-state index is 0.000971. The van der Waals surface area contributed by atoms with E-state index in [0.29, 0.717) is 22.6 Å². The van der Waals surface area contributed by atoms with Crippen LogP contribution in [0, 0.1) is 5.82 Å². The average Bonchev–Trinajstić information content (AvgIpc) is 3.03. The molecule has 21 heavy (non-hydrogen) atoms. The lowest BCUT2D eigenvalue weighted by molar-refractivity contribution is 0.105. The molecule has 0 unspecified atom stereocenters. The summed E-state index contributed by atoms with van der Waals surface area (Å²) in [6.07, 6.45) is 5.66. The van der Waals surface area contributed by atoms with Gasteiger partial charge in [-0.2, -0.15) is 0 Å². The molecule has 2 aromatic heterocycles. The summed E-state index contributed by atoms with van der Waals surface area (Å²) in [6.45, 7) is 0. The first-order chi connectivity index (χ1) is 10.1. The fraction of sp³-hybridized carbons (Fsp3) is 0.200. The van der Waals surface area contributed by atoms with Gasteiger partial charge < -0.3 is 8.98 Å². The van der Waals surface area contributed by atoms with E-state index in [1.165, 1.54) is 18.2 Å². The molecular weight excluding hydrogens is 295 g/mol. The van der Waals surface area contributed by atoms with Crippen molar-refractivity contribution in [2.45, 2.75) is 18.8 Å².